The highest BCUT2D eigenvalue weighted by Gasteiger charge is 2.50. The van der Waals surface area contributed by atoms with Gasteiger partial charge < -0.3 is 5.11 Å². The van der Waals surface area contributed by atoms with Crippen LogP contribution in [0.2, 0.25) is 0 Å². The van der Waals surface area contributed by atoms with Crippen molar-refractivity contribution >= 4 is 0 Å². The molecule has 29 heavy (non-hydrogen) atoms. The number of rotatable bonds is 6. The standard InChI is InChI=1S/C28H50O/c1-21(15-16-22-12-7-8-18-26(22,2)3)11-9-14-25-23-13-10-19-27(4,5)24(23)17-20-28(25,6)29/h11,22-25,29H,7-10,12-20H2,1-6H3/b21-11+/t22-,23?,24+,25+,28+/m0/s1. The first-order valence-corrected chi connectivity index (χ1v) is 12.9. The second-order valence-electron chi connectivity index (χ2n) is 12.8. The quantitative estimate of drug-likeness (QED) is 0.443. The smallest absolute Gasteiger partial charge is 0.0650 e. The van der Waals surface area contributed by atoms with E-state index >= 15 is 0 Å². The van der Waals surface area contributed by atoms with Gasteiger partial charge in [0, 0.05) is 0 Å². The molecule has 1 N–H and O–H groups in total. The fourth-order valence-electron chi connectivity index (χ4n) is 7.58. The molecular weight excluding hydrogens is 352 g/mol. The molecule has 3 aliphatic rings. The van der Waals surface area contributed by atoms with Gasteiger partial charge in [-0.2, -0.15) is 0 Å². The van der Waals surface area contributed by atoms with Gasteiger partial charge >= 0.3 is 0 Å². The van der Waals surface area contributed by atoms with E-state index in [0.29, 0.717) is 16.7 Å². The summed E-state index contributed by atoms with van der Waals surface area (Å²) in [5, 5.41) is 11.2. The summed E-state index contributed by atoms with van der Waals surface area (Å²) >= 11 is 0. The predicted molar refractivity (Wildman–Crippen MR) is 126 cm³/mol. The monoisotopic (exact) mass is 402 g/mol. The zero-order valence-electron chi connectivity index (χ0n) is 20.5. The Kier molecular flexibility index (Phi) is 7.30. The van der Waals surface area contributed by atoms with Gasteiger partial charge in [-0.05, 0) is 113 Å². The molecule has 3 saturated carbocycles. The first kappa shape index (κ1) is 23.4. The Morgan fingerprint density at radius 1 is 0.862 bits per heavy atom. The molecule has 0 aromatic rings. The van der Waals surface area contributed by atoms with Crippen LogP contribution < -0.4 is 0 Å². The molecule has 0 amide bonds. The Morgan fingerprint density at radius 3 is 2.31 bits per heavy atom. The van der Waals surface area contributed by atoms with Crippen LogP contribution in [-0.2, 0) is 0 Å². The summed E-state index contributed by atoms with van der Waals surface area (Å²) in [6.07, 6.45) is 19.5. The van der Waals surface area contributed by atoms with Crippen molar-refractivity contribution in [2.24, 2.45) is 34.5 Å². The van der Waals surface area contributed by atoms with Gasteiger partial charge in [-0.15, -0.1) is 0 Å². The summed E-state index contributed by atoms with van der Waals surface area (Å²) < 4.78 is 0. The van der Waals surface area contributed by atoms with Crippen LogP contribution in [0, 0.1) is 34.5 Å². The van der Waals surface area contributed by atoms with E-state index in [1.807, 2.05) is 0 Å². The van der Waals surface area contributed by atoms with Crippen LogP contribution >= 0.6 is 0 Å². The molecular formula is C28H50O. The Hall–Kier alpha value is -0.300. The minimum atomic E-state index is -0.456. The van der Waals surface area contributed by atoms with Crippen LogP contribution in [0.15, 0.2) is 11.6 Å². The van der Waals surface area contributed by atoms with Crippen molar-refractivity contribution in [1.82, 2.24) is 0 Å². The van der Waals surface area contributed by atoms with E-state index in [2.05, 4.69) is 47.6 Å². The SMILES string of the molecule is C/C(=C\CC[C@@H]1C2CCCC(C)(C)[C@@H]2CC[C@@]1(C)O)CC[C@@H]1CCCCC1(C)C. The second-order valence-corrected chi connectivity index (χ2v) is 12.8. The van der Waals surface area contributed by atoms with Crippen LogP contribution in [0.5, 0.6) is 0 Å². The summed E-state index contributed by atoms with van der Waals surface area (Å²) in [7, 11) is 0. The Bertz CT molecular complexity index is 567. The maximum absolute atomic E-state index is 11.2. The van der Waals surface area contributed by atoms with Gasteiger partial charge in [0.2, 0.25) is 0 Å². The van der Waals surface area contributed by atoms with E-state index < -0.39 is 5.60 Å². The molecule has 1 unspecified atom stereocenters. The van der Waals surface area contributed by atoms with E-state index in [9.17, 15) is 5.11 Å². The van der Waals surface area contributed by atoms with Crippen LogP contribution in [0.3, 0.4) is 0 Å². The van der Waals surface area contributed by atoms with Crippen molar-refractivity contribution in [2.75, 3.05) is 0 Å². The molecule has 0 saturated heterocycles. The molecule has 0 bridgehead atoms. The van der Waals surface area contributed by atoms with Crippen LogP contribution in [0.4, 0.5) is 0 Å². The molecule has 0 heterocycles. The van der Waals surface area contributed by atoms with Gasteiger partial charge in [0.1, 0.15) is 0 Å². The third-order valence-electron chi connectivity index (χ3n) is 9.74. The van der Waals surface area contributed by atoms with E-state index in [0.717, 1.165) is 30.6 Å². The highest BCUT2D eigenvalue weighted by atomic mass is 16.3. The van der Waals surface area contributed by atoms with E-state index in [1.54, 1.807) is 5.57 Å². The van der Waals surface area contributed by atoms with E-state index in [1.165, 1.54) is 70.6 Å². The number of aliphatic hydroxyl groups is 1. The van der Waals surface area contributed by atoms with Gasteiger partial charge in [0.05, 0.1) is 5.60 Å². The Labute approximate surface area is 182 Å². The van der Waals surface area contributed by atoms with Crippen molar-refractivity contribution in [3.63, 3.8) is 0 Å². The molecule has 0 aromatic heterocycles. The molecule has 0 aromatic carbocycles. The molecule has 0 spiro atoms. The number of hydrogen-bond donors (Lipinski definition) is 1. The molecule has 0 aliphatic heterocycles. The highest BCUT2D eigenvalue weighted by Crippen LogP contribution is 2.56. The predicted octanol–water partition coefficient (Wildman–Crippen LogP) is 8.31. The lowest BCUT2D eigenvalue weighted by atomic mass is 9.52. The van der Waals surface area contributed by atoms with Gasteiger partial charge in [0.15, 0.2) is 0 Å². The van der Waals surface area contributed by atoms with E-state index in [4.69, 9.17) is 0 Å². The first-order chi connectivity index (χ1) is 13.5. The number of allylic oxidation sites excluding steroid dienone is 2. The molecule has 168 valence electrons. The number of fused-ring (bicyclic) bond motifs is 1. The van der Waals surface area contributed by atoms with Crippen molar-refractivity contribution in [1.29, 1.82) is 0 Å². The fraction of sp³-hybridized carbons (Fsp3) is 0.929. The Balaban J connectivity index is 1.54. The Morgan fingerprint density at radius 2 is 1.59 bits per heavy atom. The summed E-state index contributed by atoms with van der Waals surface area (Å²) in [6, 6.07) is 0. The summed E-state index contributed by atoms with van der Waals surface area (Å²) in [6.45, 7) is 14.4. The fourth-order valence-corrected chi connectivity index (χ4v) is 7.58. The third kappa shape index (κ3) is 5.50. The lowest BCUT2D eigenvalue weighted by Gasteiger charge is -2.55. The lowest BCUT2D eigenvalue weighted by molar-refractivity contribution is -0.120. The average Bonchev–Trinajstić information content (AvgIpc) is 2.61. The molecule has 3 rings (SSSR count). The van der Waals surface area contributed by atoms with Gasteiger partial charge in [-0.1, -0.05) is 58.6 Å². The van der Waals surface area contributed by atoms with Gasteiger partial charge in [0.25, 0.3) is 0 Å². The summed E-state index contributed by atoms with van der Waals surface area (Å²) in [4.78, 5) is 0. The molecule has 1 nitrogen and oxygen atoms in total. The molecule has 3 aliphatic carbocycles. The summed E-state index contributed by atoms with van der Waals surface area (Å²) in [5.74, 6) is 2.95. The molecule has 5 atom stereocenters. The third-order valence-corrected chi connectivity index (χ3v) is 9.74. The van der Waals surface area contributed by atoms with Gasteiger partial charge in [-0.3, -0.25) is 0 Å². The van der Waals surface area contributed by atoms with Crippen molar-refractivity contribution in [3.8, 4) is 0 Å². The summed E-state index contributed by atoms with van der Waals surface area (Å²) in [5.41, 5.74) is 2.14. The maximum atomic E-state index is 11.2. The topological polar surface area (TPSA) is 20.2 Å². The van der Waals surface area contributed by atoms with Crippen molar-refractivity contribution < 1.29 is 5.11 Å². The lowest BCUT2D eigenvalue weighted by Crippen LogP contribution is -2.51. The molecule has 1 heteroatoms. The second kappa shape index (κ2) is 9.05. The number of hydrogen-bond acceptors (Lipinski definition) is 1. The van der Waals surface area contributed by atoms with E-state index in [-0.39, 0.29) is 0 Å². The zero-order chi connectivity index (χ0) is 21.3. The van der Waals surface area contributed by atoms with Crippen molar-refractivity contribution in [2.45, 2.75) is 131 Å². The first-order valence-electron chi connectivity index (χ1n) is 12.9. The normalized spacial score (nSPS) is 39.8. The molecule has 3 fully saturated rings. The minimum absolute atomic E-state index is 0.456. The largest absolute Gasteiger partial charge is 0.390 e. The zero-order valence-corrected chi connectivity index (χ0v) is 20.5. The van der Waals surface area contributed by atoms with Crippen LogP contribution in [0.25, 0.3) is 0 Å². The average molecular weight is 403 g/mol. The maximum Gasteiger partial charge on any atom is 0.0650 e. The minimum Gasteiger partial charge on any atom is -0.390 e. The van der Waals surface area contributed by atoms with Crippen LogP contribution in [0.1, 0.15) is 125 Å². The molecule has 0 radical (unpaired) electrons. The van der Waals surface area contributed by atoms with Crippen molar-refractivity contribution in [3.05, 3.63) is 11.6 Å². The van der Waals surface area contributed by atoms with Gasteiger partial charge in [-0.25, -0.2) is 0 Å². The van der Waals surface area contributed by atoms with Crippen LogP contribution in [-0.4, -0.2) is 10.7 Å². The highest BCUT2D eigenvalue weighted by molar-refractivity contribution is 5.04.